The molecule has 2 amide bonds. The summed E-state index contributed by atoms with van der Waals surface area (Å²) in [6.07, 6.45) is 1.48. The third kappa shape index (κ3) is 3.69. The largest absolute Gasteiger partial charge is 0.478 e. The second-order valence-corrected chi connectivity index (χ2v) is 4.88. The van der Waals surface area contributed by atoms with Crippen LogP contribution in [-0.2, 0) is 4.74 Å². The first-order chi connectivity index (χ1) is 9.99. The molecule has 0 radical (unpaired) electrons. The molecule has 1 fully saturated rings. The molecule has 0 spiro atoms. The molecule has 1 aliphatic rings. The van der Waals surface area contributed by atoms with Crippen molar-refractivity contribution in [1.29, 1.82) is 0 Å². The van der Waals surface area contributed by atoms with Crippen molar-refractivity contribution in [2.45, 2.75) is 18.9 Å². The fourth-order valence-corrected chi connectivity index (χ4v) is 2.19. The van der Waals surface area contributed by atoms with Gasteiger partial charge in [-0.05, 0) is 31.0 Å². The maximum absolute atomic E-state index is 13.8. The first kappa shape index (κ1) is 15.2. The van der Waals surface area contributed by atoms with Crippen LogP contribution in [0.2, 0.25) is 0 Å². The van der Waals surface area contributed by atoms with Crippen LogP contribution < -0.4 is 5.32 Å². The van der Waals surface area contributed by atoms with Crippen molar-refractivity contribution in [1.82, 2.24) is 4.90 Å². The average molecular weight is 296 g/mol. The summed E-state index contributed by atoms with van der Waals surface area (Å²) in [5.41, 5.74) is -0.202. The Morgan fingerprint density at radius 3 is 2.62 bits per heavy atom. The van der Waals surface area contributed by atoms with Crippen molar-refractivity contribution in [3.8, 4) is 0 Å². The first-order valence-corrected chi connectivity index (χ1v) is 6.63. The molecule has 1 saturated heterocycles. The van der Waals surface area contributed by atoms with Crippen LogP contribution in [0.1, 0.15) is 23.2 Å². The number of carboxylic acid groups (broad SMARTS) is 1. The number of benzene rings is 1. The summed E-state index contributed by atoms with van der Waals surface area (Å²) in [4.78, 5) is 24.3. The summed E-state index contributed by atoms with van der Waals surface area (Å²) >= 11 is 0. The number of anilines is 1. The van der Waals surface area contributed by atoms with Gasteiger partial charge in [-0.15, -0.1) is 0 Å². The molecule has 0 atom stereocenters. The number of carbonyl (C=O) groups is 2. The first-order valence-electron chi connectivity index (χ1n) is 6.63. The summed E-state index contributed by atoms with van der Waals surface area (Å²) in [6.45, 7) is 1.20. The van der Waals surface area contributed by atoms with Crippen LogP contribution in [-0.4, -0.2) is 48.3 Å². The molecule has 7 heteroatoms. The Hall–Kier alpha value is -2.15. The molecule has 1 aromatic carbocycles. The van der Waals surface area contributed by atoms with E-state index in [1.165, 1.54) is 17.0 Å². The van der Waals surface area contributed by atoms with Crippen LogP contribution in [0.3, 0.4) is 0 Å². The van der Waals surface area contributed by atoms with Gasteiger partial charge in [-0.3, -0.25) is 0 Å². The summed E-state index contributed by atoms with van der Waals surface area (Å²) in [6, 6.07) is 3.00. The van der Waals surface area contributed by atoms with Gasteiger partial charge in [0.25, 0.3) is 0 Å². The third-order valence-corrected chi connectivity index (χ3v) is 3.52. The minimum absolute atomic E-state index is 0.0380. The van der Waals surface area contributed by atoms with E-state index in [9.17, 15) is 14.0 Å². The molecule has 0 bridgehead atoms. The van der Waals surface area contributed by atoms with Crippen molar-refractivity contribution >= 4 is 17.7 Å². The number of urea groups is 1. The van der Waals surface area contributed by atoms with E-state index >= 15 is 0 Å². The molecule has 2 rings (SSSR count). The number of aromatic carboxylic acids is 1. The highest BCUT2D eigenvalue weighted by molar-refractivity contribution is 5.91. The predicted molar refractivity (Wildman–Crippen MR) is 74.0 cm³/mol. The lowest BCUT2D eigenvalue weighted by atomic mass is 10.1. The Bertz CT molecular complexity index is 544. The number of hydrogen-bond donors (Lipinski definition) is 2. The number of halogens is 1. The van der Waals surface area contributed by atoms with Gasteiger partial charge in [-0.1, -0.05) is 0 Å². The van der Waals surface area contributed by atoms with Crippen LogP contribution >= 0.6 is 0 Å². The molecule has 114 valence electrons. The lowest BCUT2D eigenvalue weighted by molar-refractivity contribution is 0.0544. The standard InChI is InChI=1S/C14H17FN2O4/c1-17(10-4-6-21-7-5-10)14(20)16-12-3-2-9(13(18)19)8-11(12)15/h2-3,8,10H,4-7H2,1H3,(H,16,20)(H,18,19). The predicted octanol–water partition coefficient (Wildman–Crippen LogP) is 2.17. The highest BCUT2D eigenvalue weighted by Gasteiger charge is 2.23. The van der Waals surface area contributed by atoms with Crippen LogP contribution in [0.15, 0.2) is 18.2 Å². The number of rotatable bonds is 3. The summed E-state index contributed by atoms with van der Waals surface area (Å²) in [5, 5.41) is 11.2. The van der Waals surface area contributed by atoms with E-state index < -0.39 is 17.8 Å². The highest BCUT2D eigenvalue weighted by Crippen LogP contribution is 2.18. The van der Waals surface area contributed by atoms with Crippen molar-refractivity contribution in [3.63, 3.8) is 0 Å². The van der Waals surface area contributed by atoms with E-state index in [2.05, 4.69) is 5.32 Å². The van der Waals surface area contributed by atoms with E-state index in [0.717, 1.165) is 18.9 Å². The van der Waals surface area contributed by atoms with Gasteiger partial charge >= 0.3 is 12.0 Å². The maximum Gasteiger partial charge on any atom is 0.335 e. The second-order valence-electron chi connectivity index (χ2n) is 4.88. The van der Waals surface area contributed by atoms with Gasteiger partial charge in [0.1, 0.15) is 5.82 Å². The normalized spacial score (nSPS) is 15.5. The van der Waals surface area contributed by atoms with Crippen LogP contribution in [0.5, 0.6) is 0 Å². The number of nitrogens with zero attached hydrogens (tertiary/aromatic N) is 1. The van der Waals surface area contributed by atoms with Gasteiger partial charge in [0.15, 0.2) is 0 Å². The van der Waals surface area contributed by atoms with E-state index in [0.29, 0.717) is 13.2 Å². The monoisotopic (exact) mass is 296 g/mol. The number of nitrogens with one attached hydrogen (secondary N) is 1. The number of amides is 2. The van der Waals surface area contributed by atoms with E-state index in [1.54, 1.807) is 7.05 Å². The molecule has 1 aliphatic heterocycles. The molecule has 0 aliphatic carbocycles. The van der Waals surface area contributed by atoms with Crippen LogP contribution in [0.4, 0.5) is 14.9 Å². The zero-order valence-corrected chi connectivity index (χ0v) is 11.6. The average Bonchev–Trinajstić information content (AvgIpc) is 2.49. The molecule has 21 heavy (non-hydrogen) atoms. The quantitative estimate of drug-likeness (QED) is 0.896. The Balaban J connectivity index is 2.03. The number of carboxylic acids is 1. The molecule has 2 N–H and O–H groups in total. The van der Waals surface area contributed by atoms with Crippen molar-refractivity contribution in [3.05, 3.63) is 29.6 Å². The maximum atomic E-state index is 13.8. The van der Waals surface area contributed by atoms with Crippen LogP contribution in [0.25, 0.3) is 0 Å². The molecule has 0 saturated carbocycles. The van der Waals surface area contributed by atoms with Crippen molar-refractivity contribution in [2.24, 2.45) is 0 Å². The molecule has 1 aromatic rings. The van der Waals surface area contributed by atoms with Gasteiger partial charge in [-0.2, -0.15) is 0 Å². The zero-order chi connectivity index (χ0) is 15.4. The lowest BCUT2D eigenvalue weighted by Gasteiger charge is -2.31. The molecular formula is C14H17FN2O4. The van der Waals surface area contributed by atoms with Gasteiger partial charge in [0.2, 0.25) is 0 Å². The lowest BCUT2D eigenvalue weighted by Crippen LogP contribution is -2.42. The number of ether oxygens (including phenoxy) is 1. The smallest absolute Gasteiger partial charge is 0.335 e. The summed E-state index contributed by atoms with van der Waals surface area (Å²) in [7, 11) is 1.65. The molecular weight excluding hydrogens is 279 g/mol. The van der Waals surface area contributed by atoms with Crippen LogP contribution in [0, 0.1) is 5.82 Å². The minimum atomic E-state index is -1.22. The van der Waals surface area contributed by atoms with Gasteiger partial charge in [0.05, 0.1) is 11.3 Å². The Morgan fingerprint density at radius 1 is 1.38 bits per heavy atom. The molecule has 0 unspecified atom stereocenters. The Kier molecular flexibility index (Phi) is 4.74. The third-order valence-electron chi connectivity index (χ3n) is 3.52. The topological polar surface area (TPSA) is 78.9 Å². The SMILES string of the molecule is CN(C(=O)Nc1ccc(C(=O)O)cc1F)C1CCOCC1. The summed E-state index contributed by atoms with van der Waals surface area (Å²) in [5.74, 6) is -1.99. The minimum Gasteiger partial charge on any atom is -0.478 e. The Labute approximate surface area is 121 Å². The van der Waals surface area contributed by atoms with Gasteiger partial charge in [0, 0.05) is 26.3 Å². The number of hydrogen-bond acceptors (Lipinski definition) is 3. The summed E-state index contributed by atoms with van der Waals surface area (Å²) < 4.78 is 19.0. The fourth-order valence-electron chi connectivity index (χ4n) is 2.19. The number of carbonyl (C=O) groups excluding carboxylic acids is 1. The highest BCUT2D eigenvalue weighted by atomic mass is 19.1. The van der Waals surface area contributed by atoms with Gasteiger partial charge in [-0.25, -0.2) is 14.0 Å². The van der Waals surface area contributed by atoms with Gasteiger partial charge < -0.3 is 20.1 Å². The molecule has 6 nitrogen and oxygen atoms in total. The zero-order valence-electron chi connectivity index (χ0n) is 11.6. The molecule has 1 heterocycles. The molecule has 0 aromatic heterocycles. The van der Waals surface area contributed by atoms with E-state index in [1.807, 2.05) is 0 Å². The second kappa shape index (κ2) is 6.53. The van der Waals surface area contributed by atoms with Crippen molar-refractivity contribution < 1.29 is 23.8 Å². The fraction of sp³-hybridized carbons (Fsp3) is 0.429. The van der Waals surface area contributed by atoms with Crippen molar-refractivity contribution in [2.75, 3.05) is 25.6 Å². The van der Waals surface area contributed by atoms with E-state index in [4.69, 9.17) is 9.84 Å². The van der Waals surface area contributed by atoms with E-state index in [-0.39, 0.29) is 17.3 Å². The Morgan fingerprint density at radius 2 is 2.05 bits per heavy atom.